The smallest absolute Gasteiger partial charge is 0.333 e. The Labute approximate surface area is 225 Å². The highest BCUT2D eigenvalue weighted by Gasteiger charge is 2.64. The monoisotopic (exact) mass is 542 g/mol. The maximum atomic E-state index is 14.0. The number of hydrogen-bond donors (Lipinski definition) is 6. The number of nitrogens with zero attached hydrogens (tertiary/aromatic N) is 3. The summed E-state index contributed by atoms with van der Waals surface area (Å²) >= 11 is 0. The average Bonchev–Trinajstić information content (AvgIpc) is 2.80. The molecule has 1 aromatic rings. The van der Waals surface area contributed by atoms with Gasteiger partial charge in [-0.2, -0.15) is 0 Å². The Morgan fingerprint density at radius 2 is 1.72 bits per heavy atom. The summed E-state index contributed by atoms with van der Waals surface area (Å²) in [7, 11) is 10.0. The number of carbonyl (C=O) groups excluding carboxylic acids is 4. The van der Waals surface area contributed by atoms with Crippen LogP contribution in [0.15, 0.2) is 29.0 Å². The predicted molar refractivity (Wildman–Crippen MR) is 143 cm³/mol. The Bertz CT molecular complexity index is 1350. The SMILES string of the molecule is CN(C)NC(=O)Nc1cc2c(c(N(C)C)c1)CC1CC3[C@H](N(C)C)C(=O)C(C(N)=O)=C(O)[C@@]3(O)C(=O)C1=C2O. The normalized spacial score (nSPS) is 26.3. The van der Waals surface area contributed by atoms with Crippen LogP contribution in [0, 0.1) is 11.8 Å². The van der Waals surface area contributed by atoms with Crippen LogP contribution in [0.1, 0.15) is 17.5 Å². The second-order valence-electron chi connectivity index (χ2n) is 10.8. The number of hydrazine groups is 1. The number of rotatable bonds is 5. The van der Waals surface area contributed by atoms with Crippen molar-refractivity contribution < 1.29 is 34.5 Å². The van der Waals surface area contributed by atoms with Crippen LogP contribution in [-0.4, -0.2) is 103 Å². The summed E-state index contributed by atoms with van der Waals surface area (Å²) in [5.74, 6) is -6.24. The van der Waals surface area contributed by atoms with Crippen LogP contribution < -0.4 is 21.4 Å². The molecule has 7 N–H and O–H groups in total. The van der Waals surface area contributed by atoms with Gasteiger partial charge in [-0.1, -0.05) is 0 Å². The van der Waals surface area contributed by atoms with Crippen molar-refractivity contribution in [2.24, 2.45) is 17.6 Å². The van der Waals surface area contributed by atoms with E-state index in [4.69, 9.17) is 5.73 Å². The average molecular weight is 543 g/mol. The zero-order valence-electron chi connectivity index (χ0n) is 22.7. The highest BCUT2D eigenvalue weighted by Crippen LogP contribution is 2.52. The largest absolute Gasteiger partial charge is 0.508 e. The number of amides is 3. The van der Waals surface area contributed by atoms with Crippen LogP contribution in [0.4, 0.5) is 16.2 Å². The van der Waals surface area contributed by atoms with E-state index in [-0.39, 0.29) is 24.0 Å². The summed E-state index contributed by atoms with van der Waals surface area (Å²) in [6, 6.07) is 1.63. The Morgan fingerprint density at radius 3 is 2.26 bits per heavy atom. The molecule has 0 heterocycles. The van der Waals surface area contributed by atoms with Gasteiger partial charge >= 0.3 is 6.03 Å². The van der Waals surface area contributed by atoms with Gasteiger partial charge in [0.1, 0.15) is 17.1 Å². The fraction of sp³-hybridized carbons (Fsp3) is 0.462. The van der Waals surface area contributed by atoms with Gasteiger partial charge in [-0.25, -0.2) is 9.80 Å². The molecule has 0 bridgehead atoms. The van der Waals surface area contributed by atoms with Crippen LogP contribution in [0.25, 0.3) is 5.76 Å². The standard InChI is InChI=1S/C26H34N6O7/c1-30(2)16-10-12(28-25(38)29-32(5)6)9-14-13(16)7-11-8-15-19(31(3)4)21(34)18(24(27)37)23(36)26(15,39)22(35)17(11)20(14)33/h9-11,15,19,33,36,39H,7-8H2,1-6H3,(H2,27,37)(H2,28,29,38)/t11?,15?,19-,26-/m0/s1. The highest BCUT2D eigenvalue weighted by molar-refractivity contribution is 6.24. The molecule has 13 heteroatoms. The number of likely N-dealkylation sites (N-methyl/N-ethyl adjacent to an activating group) is 1. The number of nitrogens with one attached hydrogen (secondary N) is 2. The minimum atomic E-state index is -2.64. The minimum Gasteiger partial charge on any atom is -0.508 e. The van der Waals surface area contributed by atoms with E-state index in [1.54, 1.807) is 48.4 Å². The molecule has 13 nitrogen and oxygen atoms in total. The zero-order chi connectivity index (χ0) is 29.1. The molecule has 0 aliphatic heterocycles. The first-order valence-corrected chi connectivity index (χ1v) is 12.3. The number of carbonyl (C=O) groups is 4. The lowest BCUT2D eigenvalue weighted by Crippen LogP contribution is -2.65. The third-order valence-corrected chi connectivity index (χ3v) is 7.62. The third-order valence-electron chi connectivity index (χ3n) is 7.62. The molecule has 2 unspecified atom stereocenters. The third kappa shape index (κ3) is 4.32. The van der Waals surface area contributed by atoms with E-state index >= 15 is 0 Å². The van der Waals surface area contributed by atoms with Gasteiger partial charge in [-0.05, 0) is 50.6 Å². The molecule has 3 aliphatic rings. The summed E-state index contributed by atoms with van der Waals surface area (Å²) in [4.78, 5) is 54.9. The molecule has 39 heavy (non-hydrogen) atoms. The summed E-state index contributed by atoms with van der Waals surface area (Å²) < 4.78 is 0. The maximum Gasteiger partial charge on any atom is 0.333 e. The molecule has 0 aromatic heterocycles. The van der Waals surface area contributed by atoms with E-state index in [2.05, 4.69) is 10.7 Å². The number of anilines is 2. The van der Waals surface area contributed by atoms with Crippen LogP contribution in [0.3, 0.4) is 0 Å². The lowest BCUT2D eigenvalue weighted by molar-refractivity contribution is -0.153. The molecular weight excluding hydrogens is 508 g/mol. The van der Waals surface area contributed by atoms with Gasteiger partial charge in [0.2, 0.25) is 5.78 Å². The fourth-order valence-electron chi connectivity index (χ4n) is 6.06. The number of urea groups is 1. The first-order valence-electron chi connectivity index (χ1n) is 12.3. The molecule has 4 atom stereocenters. The Morgan fingerprint density at radius 1 is 1.08 bits per heavy atom. The van der Waals surface area contributed by atoms with Crippen molar-refractivity contribution in [3.8, 4) is 0 Å². The zero-order valence-corrected chi connectivity index (χ0v) is 22.7. The molecule has 0 spiro atoms. The molecule has 1 saturated carbocycles. The van der Waals surface area contributed by atoms with Crippen LogP contribution in [-0.2, 0) is 20.8 Å². The van der Waals surface area contributed by atoms with Crippen molar-refractivity contribution in [2.45, 2.75) is 24.5 Å². The van der Waals surface area contributed by atoms with Gasteiger partial charge in [-0.15, -0.1) is 0 Å². The van der Waals surface area contributed by atoms with Gasteiger partial charge in [0.05, 0.1) is 6.04 Å². The van der Waals surface area contributed by atoms with Crippen LogP contribution >= 0.6 is 0 Å². The number of fused-ring (bicyclic) bond motifs is 3. The van der Waals surface area contributed by atoms with Crippen molar-refractivity contribution >= 4 is 40.6 Å². The first-order chi connectivity index (χ1) is 18.1. The lowest BCUT2D eigenvalue weighted by Gasteiger charge is -2.50. The number of aliphatic hydroxyl groups is 3. The summed E-state index contributed by atoms with van der Waals surface area (Å²) in [6.45, 7) is 0. The number of benzene rings is 1. The lowest BCUT2D eigenvalue weighted by atomic mass is 9.57. The van der Waals surface area contributed by atoms with Gasteiger partial charge in [0.25, 0.3) is 5.91 Å². The Kier molecular flexibility index (Phi) is 6.96. The van der Waals surface area contributed by atoms with Crippen molar-refractivity contribution in [1.82, 2.24) is 15.3 Å². The van der Waals surface area contributed by atoms with E-state index in [1.807, 2.05) is 4.90 Å². The number of ketones is 2. The molecule has 0 radical (unpaired) electrons. The van der Waals surface area contributed by atoms with Crippen molar-refractivity contribution in [3.05, 3.63) is 40.2 Å². The molecule has 3 aliphatic carbocycles. The van der Waals surface area contributed by atoms with Crippen LogP contribution in [0.5, 0.6) is 0 Å². The second kappa shape index (κ2) is 9.67. The van der Waals surface area contributed by atoms with E-state index in [0.29, 0.717) is 16.9 Å². The summed E-state index contributed by atoms with van der Waals surface area (Å²) in [5.41, 5.74) is 6.35. The predicted octanol–water partition coefficient (Wildman–Crippen LogP) is -0.0775. The maximum absolute atomic E-state index is 14.0. The quantitative estimate of drug-likeness (QED) is 0.217. The van der Waals surface area contributed by atoms with E-state index in [9.17, 15) is 34.5 Å². The summed E-state index contributed by atoms with van der Waals surface area (Å²) in [5, 5.41) is 38.3. The summed E-state index contributed by atoms with van der Waals surface area (Å²) in [6.07, 6.45) is 0.343. The van der Waals surface area contributed by atoms with Crippen molar-refractivity contribution in [2.75, 3.05) is 52.5 Å². The number of nitrogens with two attached hydrogens (primary N) is 1. The van der Waals surface area contributed by atoms with Crippen LogP contribution in [0.2, 0.25) is 0 Å². The van der Waals surface area contributed by atoms with Crippen molar-refractivity contribution in [3.63, 3.8) is 0 Å². The number of aliphatic hydroxyl groups excluding tert-OH is 2. The molecule has 4 rings (SSSR count). The van der Waals surface area contributed by atoms with E-state index in [0.717, 1.165) is 0 Å². The fourth-order valence-corrected chi connectivity index (χ4v) is 6.06. The number of Topliss-reactive ketones (excluding diaryl/α,β-unsaturated/α-hetero) is 2. The molecule has 0 saturated heterocycles. The van der Waals surface area contributed by atoms with Gasteiger partial charge in [-0.3, -0.25) is 24.7 Å². The van der Waals surface area contributed by atoms with E-state index < -0.39 is 64.1 Å². The number of primary amides is 1. The molecule has 1 aromatic carbocycles. The molecule has 210 valence electrons. The highest BCUT2D eigenvalue weighted by atomic mass is 16.3. The molecular formula is C26H34N6O7. The molecule has 3 amide bonds. The minimum absolute atomic E-state index is 0.0594. The second-order valence-corrected chi connectivity index (χ2v) is 10.8. The Hall–Kier alpha value is -3.94. The molecule has 1 fully saturated rings. The van der Waals surface area contributed by atoms with Gasteiger partial charge in [0, 0.05) is 56.6 Å². The van der Waals surface area contributed by atoms with Gasteiger partial charge in [0.15, 0.2) is 11.4 Å². The van der Waals surface area contributed by atoms with E-state index in [1.165, 1.54) is 16.0 Å². The van der Waals surface area contributed by atoms with Gasteiger partial charge < -0.3 is 31.3 Å². The topological polar surface area (TPSA) is 189 Å². The van der Waals surface area contributed by atoms with Crippen molar-refractivity contribution in [1.29, 1.82) is 0 Å². The Balaban J connectivity index is 1.90. The number of hydrogen-bond acceptors (Lipinski definition) is 10. The first kappa shape index (κ1) is 28.1.